The van der Waals surface area contributed by atoms with E-state index < -0.39 is 27.2 Å². The summed E-state index contributed by atoms with van der Waals surface area (Å²) in [5.41, 5.74) is -5.57. The highest BCUT2D eigenvalue weighted by molar-refractivity contribution is 7.88. The van der Waals surface area contributed by atoms with E-state index in [0.29, 0.717) is 6.04 Å². The number of hydrogen-bond donors (Lipinski definition) is 0. The van der Waals surface area contributed by atoms with Gasteiger partial charge in [-0.15, -0.1) is 0 Å². The molecule has 152 valence electrons. The molecule has 5 nitrogen and oxygen atoms in total. The first-order valence-corrected chi connectivity index (χ1v) is 10.1. The maximum absolute atomic E-state index is 14.1. The van der Waals surface area contributed by atoms with Gasteiger partial charge in [-0.1, -0.05) is 6.42 Å². The Kier molecular flexibility index (Phi) is 5.33. The molecule has 1 unspecified atom stereocenters. The minimum atomic E-state index is -5.85. The smallest absolute Gasteiger partial charge is 0.488 e. The van der Waals surface area contributed by atoms with Crippen LogP contribution in [0.4, 0.5) is 17.6 Å². The Hall–Kier alpha value is -1.55. The molecule has 0 bridgehead atoms. The second-order valence-electron chi connectivity index (χ2n) is 7.13. The largest absolute Gasteiger partial charge is 0.534 e. The van der Waals surface area contributed by atoms with Gasteiger partial charge in [-0.25, -0.2) is 4.39 Å². The first kappa shape index (κ1) is 20.2. The van der Waals surface area contributed by atoms with Crippen LogP contribution in [0.1, 0.15) is 38.7 Å². The summed E-state index contributed by atoms with van der Waals surface area (Å²) in [4.78, 5) is 2.21. The van der Waals surface area contributed by atoms with Gasteiger partial charge < -0.3 is 8.92 Å². The molecule has 0 radical (unpaired) electrons. The summed E-state index contributed by atoms with van der Waals surface area (Å²) in [5.74, 6) is -1.57. The summed E-state index contributed by atoms with van der Waals surface area (Å²) < 4.78 is 84.6. The molecular weight excluding hydrogens is 390 g/mol. The molecule has 2 aliphatic rings. The Bertz CT molecular complexity index is 806. The lowest BCUT2D eigenvalue weighted by atomic mass is 9.87. The topological polar surface area (TPSA) is 55.8 Å². The number of benzene rings is 1. The van der Waals surface area contributed by atoms with Crippen molar-refractivity contribution in [2.24, 2.45) is 0 Å². The molecule has 1 aliphatic heterocycles. The average molecular weight is 411 g/mol. The van der Waals surface area contributed by atoms with Crippen molar-refractivity contribution >= 4 is 10.1 Å². The van der Waals surface area contributed by atoms with Crippen LogP contribution < -0.4 is 8.92 Å². The van der Waals surface area contributed by atoms with E-state index in [2.05, 4.69) is 9.08 Å². The zero-order chi connectivity index (χ0) is 20.0. The Labute approximate surface area is 155 Å². The highest BCUT2D eigenvalue weighted by atomic mass is 32.2. The van der Waals surface area contributed by atoms with E-state index in [4.69, 9.17) is 4.74 Å². The van der Waals surface area contributed by atoms with E-state index in [1.54, 1.807) is 0 Å². The highest BCUT2D eigenvalue weighted by Crippen LogP contribution is 2.40. The van der Waals surface area contributed by atoms with Crippen LogP contribution in [-0.2, 0) is 16.5 Å². The molecule has 1 atom stereocenters. The van der Waals surface area contributed by atoms with Gasteiger partial charge in [-0.2, -0.15) is 21.6 Å². The summed E-state index contributed by atoms with van der Waals surface area (Å²) in [6.45, 7) is 4.18. The first-order chi connectivity index (χ1) is 12.5. The van der Waals surface area contributed by atoms with Gasteiger partial charge in [-0.3, -0.25) is 4.90 Å². The number of rotatable bonds is 5. The molecule has 1 aliphatic carbocycles. The van der Waals surface area contributed by atoms with E-state index in [-0.39, 0.29) is 36.4 Å². The molecule has 1 aromatic rings. The lowest BCUT2D eigenvalue weighted by Crippen LogP contribution is -2.54. The standard InChI is InChI=1S/C17H21F4NO4S/c1-10(2)22(11-4-3-5-11)12-8-13-15(26-27(23,24)17(19,20)21)7-6-14(18)16(13)25-9-12/h6-7,10-12H,3-5,8-9H2,1-2H3. The van der Waals surface area contributed by atoms with Crippen LogP contribution in [0.5, 0.6) is 11.5 Å². The van der Waals surface area contributed by atoms with Crippen LogP contribution >= 0.6 is 0 Å². The molecule has 0 aromatic heterocycles. The number of alkyl halides is 3. The lowest BCUT2D eigenvalue weighted by molar-refractivity contribution is -0.0500. The zero-order valence-corrected chi connectivity index (χ0v) is 15.7. The Morgan fingerprint density at radius 1 is 1.22 bits per heavy atom. The Balaban J connectivity index is 1.93. The van der Waals surface area contributed by atoms with Crippen molar-refractivity contribution < 1.29 is 34.9 Å². The predicted octanol–water partition coefficient (Wildman–Crippen LogP) is 3.62. The predicted molar refractivity (Wildman–Crippen MR) is 89.6 cm³/mol. The van der Waals surface area contributed by atoms with Gasteiger partial charge in [0, 0.05) is 23.7 Å². The molecule has 1 aromatic carbocycles. The van der Waals surface area contributed by atoms with Crippen LogP contribution in [0.25, 0.3) is 0 Å². The molecule has 10 heteroatoms. The van der Waals surface area contributed by atoms with Crippen molar-refractivity contribution in [3.63, 3.8) is 0 Å². The molecule has 27 heavy (non-hydrogen) atoms. The van der Waals surface area contributed by atoms with Gasteiger partial charge in [0.2, 0.25) is 0 Å². The van der Waals surface area contributed by atoms with Crippen molar-refractivity contribution in [3.8, 4) is 11.5 Å². The SMILES string of the molecule is CC(C)N(C1CCC1)C1COc2c(F)ccc(OS(=O)(=O)C(F)(F)F)c2C1. The van der Waals surface area contributed by atoms with Crippen molar-refractivity contribution in [2.75, 3.05) is 6.61 Å². The minimum Gasteiger partial charge on any atom is -0.488 e. The van der Waals surface area contributed by atoms with Crippen LogP contribution in [0.2, 0.25) is 0 Å². The third-order valence-electron chi connectivity index (χ3n) is 5.03. The van der Waals surface area contributed by atoms with Gasteiger partial charge in [0.1, 0.15) is 12.4 Å². The van der Waals surface area contributed by atoms with Crippen LogP contribution in [-0.4, -0.2) is 43.6 Å². The van der Waals surface area contributed by atoms with Crippen molar-refractivity contribution in [2.45, 2.75) is 63.2 Å². The number of ether oxygens (including phenoxy) is 1. The molecule has 0 amide bonds. The molecule has 0 spiro atoms. The van der Waals surface area contributed by atoms with E-state index >= 15 is 0 Å². The fourth-order valence-electron chi connectivity index (χ4n) is 3.67. The zero-order valence-electron chi connectivity index (χ0n) is 14.9. The van der Waals surface area contributed by atoms with Crippen molar-refractivity contribution in [1.29, 1.82) is 0 Å². The van der Waals surface area contributed by atoms with Gasteiger partial charge in [0.15, 0.2) is 11.6 Å². The maximum atomic E-state index is 14.1. The number of fused-ring (bicyclic) bond motifs is 1. The molecule has 1 heterocycles. The molecule has 0 saturated heterocycles. The van der Waals surface area contributed by atoms with Crippen LogP contribution in [0, 0.1) is 5.82 Å². The quantitative estimate of drug-likeness (QED) is 0.421. The second-order valence-corrected chi connectivity index (χ2v) is 8.67. The average Bonchev–Trinajstić information content (AvgIpc) is 2.51. The van der Waals surface area contributed by atoms with Crippen LogP contribution in [0.3, 0.4) is 0 Å². The first-order valence-electron chi connectivity index (χ1n) is 8.73. The molecule has 1 fully saturated rings. The van der Waals surface area contributed by atoms with E-state index in [9.17, 15) is 26.0 Å². The number of halogens is 4. The monoisotopic (exact) mass is 411 g/mol. The summed E-state index contributed by atoms with van der Waals surface area (Å²) in [6, 6.07) is 2.01. The maximum Gasteiger partial charge on any atom is 0.534 e. The van der Waals surface area contributed by atoms with Gasteiger partial charge in [0.05, 0.1) is 0 Å². The molecule has 1 saturated carbocycles. The van der Waals surface area contributed by atoms with E-state index in [0.717, 1.165) is 31.4 Å². The number of nitrogens with zero attached hydrogens (tertiary/aromatic N) is 1. The summed E-state index contributed by atoms with van der Waals surface area (Å²) >= 11 is 0. The fraction of sp³-hybridized carbons (Fsp3) is 0.647. The fourth-order valence-corrected chi connectivity index (χ4v) is 4.15. The van der Waals surface area contributed by atoms with Gasteiger partial charge >= 0.3 is 15.6 Å². The van der Waals surface area contributed by atoms with E-state index in [1.807, 2.05) is 13.8 Å². The molecule has 0 N–H and O–H groups in total. The van der Waals surface area contributed by atoms with Crippen molar-refractivity contribution in [3.05, 3.63) is 23.5 Å². The lowest BCUT2D eigenvalue weighted by Gasteiger charge is -2.46. The summed E-state index contributed by atoms with van der Waals surface area (Å²) in [7, 11) is -5.85. The van der Waals surface area contributed by atoms with Crippen molar-refractivity contribution in [1.82, 2.24) is 4.90 Å². The summed E-state index contributed by atoms with van der Waals surface area (Å²) in [6.07, 6.45) is 3.27. The molecular formula is C17H21F4NO4S. The minimum absolute atomic E-state index is 0.00375. The van der Waals surface area contributed by atoms with E-state index in [1.165, 1.54) is 0 Å². The summed E-state index contributed by atoms with van der Waals surface area (Å²) in [5, 5.41) is 0. The molecule has 3 rings (SSSR count). The Morgan fingerprint density at radius 3 is 2.41 bits per heavy atom. The highest BCUT2D eigenvalue weighted by Gasteiger charge is 2.49. The Morgan fingerprint density at radius 2 is 1.89 bits per heavy atom. The second kappa shape index (κ2) is 7.12. The third-order valence-corrected chi connectivity index (χ3v) is 5.99. The van der Waals surface area contributed by atoms with Gasteiger partial charge in [0.25, 0.3) is 0 Å². The van der Waals surface area contributed by atoms with Crippen LogP contribution in [0.15, 0.2) is 12.1 Å². The van der Waals surface area contributed by atoms with Gasteiger partial charge in [-0.05, 0) is 45.2 Å². The number of hydrogen-bond acceptors (Lipinski definition) is 5. The third kappa shape index (κ3) is 3.87. The normalized spacial score (nSPS) is 21.0.